The maximum absolute atomic E-state index is 5.48. The number of likely N-dealkylation sites (tertiary alicyclic amines) is 1. The average Bonchev–Trinajstić information content (AvgIpc) is 2.81. The highest BCUT2D eigenvalue weighted by atomic mass is 16.5. The zero-order valence-corrected chi connectivity index (χ0v) is 11.9. The largest absolute Gasteiger partial charge is 0.380 e. The van der Waals surface area contributed by atoms with Gasteiger partial charge in [-0.25, -0.2) is 0 Å². The van der Waals surface area contributed by atoms with E-state index in [1.807, 2.05) is 0 Å². The van der Waals surface area contributed by atoms with Gasteiger partial charge in [0.1, 0.15) is 0 Å². The van der Waals surface area contributed by atoms with Crippen molar-refractivity contribution in [2.75, 3.05) is 26.3 Å². The van der Waals surface area contributed by atoms with E-state index in [0.29, 0.717) is 6.04 Å². The number of benzene rings is 1. The smallest absolute Gasteiger partial charge is 0.0593 e. The fourth-order valence-corrected chi connectivity index (χ4v) is 2.77. The normalized spacial score (nSPS) is 20.5. The van der Waals surface area contributed by atoms with E-state index >= 15 is 0 Å². The minimum Gasteiger partial charge on any atom is -0.380 e. The molecule has 0 bridgehead atoms. The first-order chi connectivity index (χ1) is 8.72. The van der Waals surface area contributed by atoms with Gasteiger partial charge in [-0.05, 0) is 56.8 Å². The van der Waals surface area contributed by atoms with Gasteiger partial charge in [-0.2, -0.15) is 0 Å². The number of nitrogens with zero attached hydrogens (tertiary/aromatic N) is 1. The van der Waals surface area contributed by atoms with Crippen LogP contribution in [0.3, 0.4) is 0 Å². The Kier molecular flexibility index (Phi) is 4.79. The highest BCUT2D eigenvalue weighted by Crippen LogP contribution is 2.32. The van der Waals surface area contributed by atoms with Crippen LogP contribution >= 0.6 is 0 Å². The Morgan fingerprint density at radius 1 is 1.28 bits per heavy atom. The predicted molar refractivity (Wildman–Crippen MR) is 76.0 cm³/mol. The fraction of sp³-hybridized carbons (Fsp3) is 0.625. The Morgan fingerprint density at radius 3 is 2.83 bits per heavy atom. The van der Waals surface area contributed by atoms with Gasteiger partial charge in [-0.1, -0.05) is 18.2 Å². The predicted octanol–water partition coefficient (Wildman–Crippen LogP) is 3.48. The topological polar surface area (TPSA) is 12.5 Å². The first kappa shape index (κ1) is 13.6. The standard InChI is InChI=1S/C16H25NO/c1-4-18-11-10-17-9-5-6-16(17)15-8-7-13(2)14(3)12-15/h7-8,12,16H,4-6,9-11H2,1-3H3. The van der Waals surface area contributed by atoms with Crippen LogP contribution in [0.5, 0.6) is 0 Å². The molecule has 0 radical (unpaired) electrons. The van der Waals surface area contributed by atoms with Gasteiger partial charge in [0, 0.05) is 19.2 Å². The van der Waals surface area contributed by atoms with Crippen LogP contribution in [-0.2, 0) is 4.74 Å². The summed E-state index contributed by atoms with van der Waals surface area (Å²) in [6.45, 7) is 10.4. The van der Waals surface area contributed by atoms with Crippen LogP contribution in [0.4, 0.5) is 0 Å². The van der Waals surface area contributed by atoms with E-state index in [1.165, 1.54) is 36.1 Å². The molecule has 1 aromatic carbocycles. The van der Waals surface area contributed by atoms with Gasteiger partial charge in [0.05, 0.1) is 6.61 Å². The quantitative estimate of drug-likeness (QED) is 0.739. The summed E-state index contributed by atoms with van der Waals surface area (Å²) in [7, 11) is 0. The van der Waals surface area contributed by atoms with E-state index in [9.17, 15) is 0 Å². The van der Waals surface area contributed by atoms with Crippen LogP contribution in [0.1, 0.15) is 42.5 Å². The monoisotopic (exact) mass is 247 g/mol. The molecule has 1 aliphatic rings. The van der Waals surface area contributed by atoms with Gasteiger partial charge in [0.25, 0.3) is 0 Å². The molecule has 0 N–H and O–H groups in total. The molecular weight excluding hydrogens is 222 g/mol. The van der Waals surface area contributed by atoms with Crippen molar-refractivity contribution in [1.82, 2.24) is 4.90 Å². The van der Waals surface area contributed by atoms with Crippen molar-refractivity contribution in [3.05, 3.63) is 34.9 Å². The molecule has 1 aromatic rings. The van der Waals surface area contributed by atoms with E-state index in [1.54, 1.807) is 0 Å². The van der Waals surface area contributed by atoms with Crippen molar-refractivity contribution < 1.29 is 4.74 Å². The van der Waals surface area contributed by atoms with Gasteiger partial charge in [-0.3, -0.25) is 4.90 Å². The first-order valence-electron chi connectivity index (χ1n) is 7.11. The van der Waals surface area contributed by atoms with Crippen molar-refractivity contribution in [1.29, 1.82) is 0 Å². The molecule has 0 amide bonds. The summed E-state index contributed by atoms with van der Waals surface area (Å²) in [5.41, 5.74) is 4.27. The second-order valence-corrected chi connectivity index (χ2v) is 5.23. The molecule has 2 nitrogen and oxygen atoms in total. The maximum Gasteiger partial charge on any atom is 0.0593 e. The van der Waals surface area contributed by atoms with Crippen molar-refractivity contribution >= 4 is 0 Å². The molecule has 1 atom stereocenters. The second kappa shape index (κ2) is 6.35. The Bertz CT molecular complexity index is 389. The van der Waals surface area contributed by atoms with Crippen molar-refractivity contribution in [3.63, 3.8) is 0 Å². The van der Waals surface area contributed by atoms with E-state index in [0.717, 1.165) is 19.8 Å². The first-order valence-corrected chi connectivity index (χ1v) is 7.11. The molecule has 0 spiro atoms. The molecule has 2 heteroatoms. The van der Waals surface area contributed by atoms with Gasteiger partial charge >= 0.3 is 0 Å². The molecular formula is C16H25NO. The summed E-state index contributed by atoms with van der Waals surface area (Å²) < 4.78 is 5.48. The van der Waals surface area contributed by atoms with E-state index in [2.05, 4.69) is 43.9 Å². The van der Waals surface area contributed by atoms with Crippen molar-refractivity contribution in [2.24, 2.45) is 0 Å². The van der Waals surface area contributed by atoms with Gasteiger partial charge < -0.3 is 4.74 Å². The van der Waals surface area contributed by atoms with E-state index in [4.69, 9.17) is 4.74 Å². The lowest BCUT2D eigenvalue weighted by Gasteiger charge is -2.25. The molecule has 0 aliphatic carbocycles. The summed E-state index contributed by atoms with van der Waals surface area (Å²) in [5.74, 6) is 0. The van der Waals surface area contributed by atoms with Gasteiger partial charge in [0.2, 0.25) is 0 Å². The van der Waals surface area contributed by atoms with Crippen LogP contribution in [0.15, 0.2) is 18.2 Å². The lowest BCUT2D eigenvalue weighted by molar-refractivity contribution is 0.108. The third kappa shape index (κ3) is 3.12. The molecule has 1 unspecified atom stereocenters. The Morgan fingerprint density at radius 2 is 2.11 bits per heavy atom. The van der Waals surface area contributed by atoms with Crippen molar-refractivity contribution in [2.45, 2.75) is 39.7 Å². The maximum atomic E-state index is 5.48. The molecule has 1 heterocycles. The summed E-state index contributed by atoms with van der Waals surface area (Å²) in [6, 6.07) is 7.51. The summed E-state index contributed by atoms with van der Waals surface area (Å²) >= 11 is 0. The fourth-order valence-electron chi connectivity index (χ4n) is 2.77. The zero-order valence-electron chi connectivity index (χ0n) is 11.9. The van der Waals surface area contributed by atoms with Gasteiger partial charge in [-0.15, -0.1) is 0 Å². The van der Waals surface area contributed by atoms with E-state index in [-0.39, 0.29) is 0 Å². The highest BCUT2D eigenvalue weighted by Gasteiger charge is 2.25. The van der Waals surface area contributed by atoms with Crippen molar-refractivity contribution in [3.8, 4) is 0 Å². The molecule has 2 rings (SSSR count). The number of aryl methyl sites for hydroxylation is 2. The zero-order chi connectivity index (χ0) is 13.0. The minimum absolute atomic E-state index is 0.602. The molecule has 0 aromatic heterocycles. The molecule has 1 saturated heterocycles. The SMILES string of the molecule is CCOCCN1CCCC1c1ccc(C)c(C)c1. The summed E-state index contributed by atoms with van der Waals surface area (Å²) in [4.78, 5) is 2.57. The molecule has 100 valence electrons. The third-order valence-electron chi connectivity index (χ3n) is 4.01. The minimum atomic E-state index is 0.602. The van der Waals surface area contributed by atoms with E-state index < -0.39 is 0 Å². The molecule has 1 aliphatic heterocycles. The number of ether oxygens (including phenoxy) is 1. The van der Waals surface area contributed by atoms with Crippen LogP contribution in [0.25, 0.3) is 0 Å². The number of rotatable bonds is 5. The van der Waals surface area contributed by atoms with Crippen LogP contribution < -0.4 is 0 Å². The number of hydrogen-bond acceptors (Lipinski definition) is 2. The molecule has 0 saturated carbocycles. The van der Waals surface area contributed by atoms with Crippen LogP contribution in [0, 0.1) is 13.8 Å². The molecule has 1 fully saturated rings. The Labute approximate surface area is 111 Å². The van der Waals surface area contributed by atoms with Gasteiger partial charge in [0.15, 0.2) is 0 Å². The lowest BCUT2D eigenvalue weighted by atomic mass is 9.99. The van der Waals surface area contributed by atoms with Crippen LogP contribution in [-0.4, -0.2) is 31.2 Å². The summed E-state index contributed by atoms with van der Waals surface area (Å²) in [6.07, 6.45) is 2.60. The van der Waals surface area contributed by atoms with Crippen LogP contribution in [0.2, 0.25) is 0 Å². The lowest BCUT2D eigenvalue weighted by Crippen LogP contribution is -2.27. The Hall–Kier alpha value is -0.860. The highest BCUT2D eigenvalue weighted by molar-refractivity contribution is 5.32. The Balaban J connectivity index is 2.03. The molecule has 18 heavy (non-hydrogen) atoms. The average molecular weight is 247 g/mol. The number of hydrogen-bond donors (Lipinski definition) is 0. The third-order valence-corrected chi connectivity index (χ3v) is 4.01. The second-order valence-electron chi connectivity index (χ2n) is 5.23. The summed E-state index contributed by atoms with van der Waals surface area (Å²) in [5, 5.41) is 0.